The van der Waals surface area contributed by atoms with E-state index in [-0.39, 0.29) is 16.8 Å². The van der Waals surface area contributed by atoms with Crippen LogP contribution in [0.4, 0.5) is 0 Å². The van der Waals surface area contributed by atoms with Gasteiger partial charge in [0, 0.05) is 44.3 Å². The lowest BCUT2D eigenvalue weighted by Gasteiger charge is -2.32. The zero-order valence-corrected chi connectivity index (χ0v) is 17.4. The molecular weight excluding hydrogens is 364 g/mol. The minimum atomic E-state index is -3.60. The van der Waals surface area contributed by atoms with Crippen molar-refractivity contribution < 1.29 is 13.2 Å². The summed E-state index contributed by atoms with van der Waals surface area (Å²) in [5.41, 5.74) is 0.362. The van der Waals surface area contributed by atoms with Gasteiger partial charge < -0.3 is 15.1 Å². The predicted molar refractivity (Wildman–Crippen MR) is 107 cm³/mol. The van der Waals surface area contributed by atoms with Crippen LogP contribution in [0, 0.1) is 0 Å². The number of benzene rings is 1. The van der Waals surface area contributed by atoms with Gasteiger partial charge in [-0.15, -0.1) is 0 Å². The SMILES string of the molecule is CC(C)NS(=O)(=O)c1cccc(C(=O)NCCCCN2CCN(C)CC2)c1. The number of hydrogen-bond acceptors (Lipinski definition) is 5. The number of sulfonamides is 1. The van der Waals surface area contributed by atoms with Gasteiger partial charge in [-0.1, -0.05) is 6.07 Å². The van der Waals surface area contributed by atoms with Gasteiger partial charge in [-0.05, 0) is 58.5 Å². The average Bonchev–Trinajstić information content (AvgIpc) is 2.62. The minimum absolute atomic E-state index is 0.110. The van der Waals surface area contributed by atoms with Crippen LogP contribution in [0.15, 0.2) is 29.2 Å². The van der Waals surface area contributed by atoms with E-state index in [1.54, 1.807) is 26.0 Å². The first-order chi connectivity index (χ1) is 12.8. The molecule has 2 rings (SSSR count). The molecule has 1 aromatic rings. The van der Waals surface area contributed by atoms with Crippen LogP contribution in [0.2, 0.25) is 0 Å². The van der Waals surface area contributed by atoms with Crippen molar-refractivity contribution in [1.29, 1.82) is 0 Å². The molecule has 0 spiro atoms. The van der Waals surface area contributed by atoms with Gasteiger partial charge in [-0.3, -0.25) is 4.79 Å². The van der Waals surface area contributed by atoms with Gasteiger partial charge in [0.15, 0.2) is 0 Å². The maximum absolute atomic E-state index is 12.3. The zero-order valence-electron chi connectivity index (χ0n) is 16.6. The van der Waals surface area contributed by atoms with Crippen molar-refractivity contribution in [2.75, 3.05) is 46.3 Å². The Hall–Kier alpha value is -1.48. The molecule has 1 fully saturated rings. The first-order valence-corrected chi connectivity index (χ1v) is 11.1. The zero-order chi connectivity index (χ0) is 19.9. The molecule has 0 aromatic heterocycles. The maximum Gasteiger partial charge on any atom is 0.251 e. The normalized spacial score (nSPS) is 16.6. The quantitative estimate of drug-likeness (QED) is 0.612. The fraction of sp³-hybridized carbons (Fsp3) is 0.632. The lowest BCUT2D eigenvalue weighted by molar-refractivity contribution is 0.0951. The molecule has 0 bridgehead atoms. The Morgan fingerprint density at radius 1 is 1.15 bits per heavy atom. The lowest BCUT2D eigenvalue weighted by atomic mass is 10.2. The lowest BCUT2D eigenvalue weighted by Crippen LogP contribution is -2.44. The van der Waals surface area contributed by atoms with Gasteiger partial charge in [0.25, 0.3) is 5.91 Å². The third-order valence-corrected chi connectivity index (χ3v) is 6.24. The van der Waals surface area contributed by atoms with Crippen molar-refractivity contribution in [2.24, 2.45) is 0 Å². The molecule has 8 heteroatoms. The van der Waals surface area contributed by atoms with Crippen molar-refractivity contribution in [3.8, 4) is 0 Å². The van der Waals surface area contributed by atoms with Crippen molar-refractivity contribution in [2.45, 2.75) is 37.6 Å². The molecule has 0 saturated carbocycles. The summed E-state index contributed by atoms with van der Waals surface area (Å²) >= 11 is 0. The molecule has 0 unspecified atom stereocenters. The van der Waals surface area contributed by atoms with Gasteiger partial charge in [0.1, 0.15) is 0 Å². The fourth-order valence-electron chi connectivity index (χ4n) is 3.02. The number of hydrogen-bond donors (Lipinski definition) is 2. The van der Waals surface area contributed by atoms with Crippen LogP contribution in [0.3, 0.4) is 0 Å². The van der Waals surface area contributed by atoms with Crippen LogP contribution in [-0.2, 0) is 10.0 Å². The van der Waals surface area contributed by atoms with Crippen LogP contribution in [0.1, 0.15) is 37.0 Å². The van der Waals surface area contributed by atoms with E-state index in [0.717, 1.165) is 45.6 Å². The topological polar surface area (TPSA) is 81.7 Å². The van der Waals surface area contributed by atoms with Crippen LogP contribution < -0.4 is 10.0 Å². The molecule has 1 aromatic carbocycles. The van der Waals surface area contributed by atoms with Crippen LogP contribution in [0.25, 0.3) is 0 Å². The Labute approximate surface area is 163 Å². The highest BCUT2D eigenvalue weighted by Crippen LogP contribution is 2.12. The Bertz CT molecular complexity index is 713. The van der Waals surface area contributed by atoms with E-state index in [0.29, 0.717) is 12.1 Å². The largest absolute Gasteiger partial charge is 0.352 e. The fourth-order valence-corrected chi connectivity index (χ4v) is 4.32. The van der Waals surface area contributed by atoms with E-state index >= 15 is 0 Å². The summed E-state index contributed by atoms with van der Waals surface area (Å²) in [6.07, 6.45) is 1.95. The number of nitrogens with zero attached hydrogens (tertiary/aromatic N) is 2. The minimum Gasteiger partial charge on any atom is -0.352 e. The summed E-state index contributed by atoms with van der Waals surface area (Å²) in [6, 6.07) is 5.94. The summed E-state index contributed by atoms with van der Waals surface area (Å²) in [5.74, 6) is -0.240. The molecule has 27 heavy (non-hydrogen) atoms. The highest BCUT2D eigenvalue weighted by atomic mass is 32.2. The maximum atomic E-state index is 12.3. The smallest absolute Gasteiger partial charge is 0.251 e. The molecule has 0 atom stereocenters. The molecule has 1 amide bonds. The number of rotatable bonds is 9. The standard InChI is InChI=1S/C19H32N4O3S/c1-16(2)21-27(25,26)18-8-6-7-17(15-18)19(24)20-9-4-5-10-23-13-11-22(3)12-14-23/h6-8,15-16,21H,4-5,9-14H2,1-3H3,(H,20,24). The van der Waals surface area contributed by atoms with Crippen LogP contribution >= 0.6 is 0 Å². The highest BCUT2D eigenvalue weighted by molar-refractivity contribution is 7.89. The van der Waals surface area contributed by atoms with E-state index < -0.39 is 10.0 Å². The van der Waals surface area contributed by atoms with Crippen molar-refractivity contribution in [3.63, 3.8) is 0 Å². The molecule has 7 nitrogen and oxygen atoms in total. The van der Waals surface area contributed by atoms with Crippen LogP contribution in [-0.4, -0.2) is 76.5 Å². The number of carbonyl (C=O) groups excluding carboxylic acids is 1. The number of piperazine rings is 1. The number of nitrogens with one attached hydrogen (secondary N) is 2. The van der Waals surface area contributed by atoms with Gasteiger partial charge in [-0.25, -0.2) is 13.1 Å². The second kappa shape index (κ2) is 10.2. The summed E-state index contributed by atoms with van der Waals surface area (Å²) in [4.78, 5) is 17.2. The molecule has 1 heterocycles. The Morgan fingerprint density at radius 3 is 2.52 bits per heavy atom. The molecule has 1 aliphatic rings. The van der Waals surface area contributed by atoms with E-state index in [4.69, 9.17) is 0 Å². The number of carbonyl (C=O) groups is 1. The van der Waals surface area contributed by atoms with E-state index in [1.165, 1.54) is 12.1 Å². The molecule has 152 valence electrons. The first kappa shape index (κ1) is 21.8. The van der Waals surface area contributed by atoms with E-state index in [9.17, 15) is 13.2 Å². The van der Waals surface area contributed by atoms with E-state index in [1.807, 2.05) is 0 Å². The number of amides is 1. The molecule has 0 radical (unpaired) electrons. The van der Waals surface area contributed by atoms with Crippen molar-refractivity contribution in [3.05, 3.63) is 29.8 Å². The average molecular weight is 397 g/mol. The van der Waals surface area contributed by atoms with Gasteiger partial charge in [-0.2, -0.15) is 0 Å². The van der Waals surface area contributed by atoms with E-state index in [2.05, 4.69) is 26.9 Å². The Kier molecular flexibility index (Phi) is 8.22. The highest BCUT2D eigenvalue weighted by Gasteiger charge is 2.17. The Balaban J connectivity index is 1.76. The summed E-state index contributed by atoms with van der Waals surface area (Å²) in [5, 5.41) is 2.88. The van der Waals surface area contributed by atoms with Crippen molar-refractivity contribution >= 4 is 15.9 Å². The van der Waals surface area contributed by atoms with Gasteiger partial charge in [0.2, 0.25) is 10.0 Å². The summed E-state index contributed by atoms with van der Waals surface area (Å²) in [6.45, 7) is 9.60. The summed E-state index contributed by atoms with van der Waals surface area (Å²) in [7, 11) is -1.46. The van der Waals surface area contributed by atoms with Gasteiger partial charge >= 0.3 is 0 Å². The predicted octanol–water partition coefficient (Wildman–Crippen LogP) is 1.13. The van der Waals surface area contributed by atoms with Gasteiger partial charge in [0.05, 0.1) is 4.90 Å². The van der Waals surface area contributed by atoms with Crippen LogP contribution in [0.5, 0.6) is 0 Å². The summed E-state index contributed by atoms with van der Waals surface area (Å²) < 4.78 is 27.0. The third kappa shape index (κ3) is 7.21. The molecular formula is C19H32N4O3S. The monoisotopic (exact) mass is 396 g/mol. The molecule has 1 aliphatic heterocycles. The third-order valence-electron chi connectivity index (χ3n) is 4.58. The Morgan fingerprint density at radius 2 is 1.85 bits per heavy atom. The molecule has 0 aliphatic carbocycles. The molecule has 2 N–H and O–H groups in total. The number of unbranched alkanes of at least 4 members (excludes halogenated alkanes) is 1. The second-order valence-electron chi connectivity index (χ2n) is 7.41. The van der Waals surface area contributed by atoms with Crippen molar-refractivity contribution in [1.82, 2.24) is 19.8 Å². The first-order valence-electron chi connectivity index (χ1n) is 9.59. The number of likely N-dealkylation sites (N-methyl/N-ethyl adjacent to an activating group) is 1. The second-order valence-corrected chi connectivity index (χ2v) is 9.13. The molecule has 1 saturated heterocycles.